The van der Waals surface area contributed by atoms with Crippen LogP contribution in [0.25, 0.3) is 11.2 Å². The summed E-state index contributed by atoms with van der Waals surface area (Å²) in [7, 11) is 0. The van der Waals surface area contributed by atoms with E-state index in [0.29, 0.717) is 44.0 Å². The van der Waals surface area contributed by atoms with Crippen LogP contribution in [0.5, 0.6) is 0 Å². The molecule has 0 amide bonds. The zero-order valence-corrected chi connectivity index (χ0v) is 13.0. The summed E-state index contributed by atoms with van der Waals surface area (Å²) in [6.45, 7) is 7.66. The summed E-state index contributed by atoms with van der Waals surface area (Å²) in [5, 5.41) is 0. The number of aryl methyl sites for hydroxylation is 1. The summed E-state index contributed by atoms with van der Waals surface area (Å²) < 4.78 is 15.6. The van der Waals surface area contributed by atoms with Crippen LogP contribution in [0, 0.1) is 0 Å². The average Bonchev–Trinajstić information content (AvgIpc) is 3.08. The molecule has 8 heteroatoms. The second-order valence-corrected chi connectivity index (χ2v) is 5.45. The molecule has 8 nitrogen and oxygen atoms in total. The van der Waals surface area contributed by atoms with Crippen LogP contribution >= 0.6 is 0 Å². The Morgan fingerprint density at radius 3 is 2.41 bits per heavy atom. The minimum Gasteiger partial charge on any atom is -0.346 e. The zero-order chi connectivity index (χ0) is 15.9. The SMILES string of the molecule is CCn1c(=O)c2c(ncn2CC2(C)OCCO2)n(CC)c1=O. The van der Waals surface area contributed by atoms with Crippen molar-refractivity contribution in [1.29, 1.82) is 0 Å². The quantitative estimate of drug-likeness (QED) is 0.804. The van der Waals surface area contributed by atoms with Gasteiger partial charge in [0.1, 0.15) is 0 Å². The molecule has 0 bridgehead atoms. The van der Waals surface area contributed by atoms with Crippen molar-refractivity contribution in [1.82, 2.24) is 18.7 Å². The second-order valence-electron chi connectivity index (χ2n) is 5.45. The third-order valence-corrected chi connectivity index (χ3v) is 3.97. The monoisotopic (exact) mass is 308 g/mol. The number of ether oxygens (including phenoxy) is 2. The van der Waals surface area contributed by atoms with Gasteiger partial charge in [0.05, 0.1) is 26.1 Å². The number of aromatic nitrogens is 4. The van der Waals surface area contributed by atoms with Crippen molar-refractivity contribution in [3.05, 3.63) is 27.2 Å². The Bertz CT molecular complexity index is 811. The molecule has 1 aliphatic heterocycles. The van der Waals surface area contributed by atoms with Gasteiger partial charge in [0.15, 0.2) is 17.0 Å². The van der Waals surface area contributed by atoms with E-state index in [1.165, 1.54) is 9.13 Å². The van der Waals surface area contributed by atoms with Crippen LogP contribution in [-0.2, 0) is 29.1 Å². The van der Waals surface area contributed by atoms with E-state index in [-0.39, 0.29) is 11.2 Å². The maximum absolute atomic E-state index is 12.6. The first kappa shape index (κ1) is 15.0. The van der Waals surface area contributed by atoms with Gasteiger partial charge in [0, 0.05) is 13.1 Å². The van der Waals surface area contributed by atoms with Crippen molar-refractivity contribution < 1.29 is 9.47 Å². The van der Waals surface area contributed by atoms with Crippen LogP contribution in [-0.4, -0.2) is 37.7 Å². The third kappa shape index (κ3) is 2.19. The Morgan fingerprint density at radius 1 is 1.18 bits per heavy atom. The lowest BCUT2D eigenvalue weighted by Gasteiger charge is -2.22. The lowest BCUT2D eigenvalue weighted by Crippen LogP contribution is -2.40. The van der Waals surface area contributed by atoms with Crippen LogP contribution in [0.3, 0.4) is 0 Å². The highest BCUT2D eigenvalue weighted by molar-refractivity contribution is 5.70. The first-order chi connectivity index (χ1) is 10.5. The molecule has 1 saturated heterocycles. The van der Waals surface area contributed by atoms with Gasteiger partial charge in [-0.15, -0.1) is 0 Å². The first-order valence-corrected chi connectivity index (χ1v) is 7.47. The lowest BCUT2D eigenvalue weighted by molar-refractivity contribution is -0.151. The molecular weight excluding hydrogens is 288 g/mol. The van der Waals surface area contributed by atoms with Gasteiger partial charge < -0.3 is 14.0 Å². The third-order valence-electron chi connectivity index (χ3n) is 3.97. The molecule has 2 aromatic heterocycles. The van der Waals surface area contributed by atoms with Crippen LogP contribution in [0.1, 0.15) is 20.8 Å². The number of fused-ring (bicyclic) bond motifs is 1. The summed E-state index contributed by atoms with van der Waals surface area (Å²) in [6.07, 6.45) is 1.56. The van der Waals surface area contributed by atoms with Crippen molar-refractivity contribution in [3.63, 3.8) is 0 Å². The molecule has 120 valence electrons. The molecular formula is C14H20N4O4. The summed E-state index contributed by atoms with van der Waals surface area (Å²) in [5.74, 6) is -0.774. The highest BCUT2D eigenvalue weighted by Gasteiger charge is 2.32. The number of rotatable bonds is 4. The molecule has 0 unspecified atom stereocenters. The summed E-state index contributed by atoms with van der Waals surface area (Å²) in [5.41, 5.74) is 0.158. The topological polar surface area (TPSA) is 80.3 Å². The normalized spacial score (nSPS) is 17.4. The van der Waals surface area contributed by atoms with Crippen molar-refractivity contribution in [2.45, 2.75) is 46.2 Å². The molecule has 0 aromatic carbocycles. The molecule has 1 aliphatic rings. The fourth-order valence-corrected chi connectivity index (χ4v) is 2.88. The zero-order valence-electron chi connectivity index (χ0n) is 13.0. The standard InChI is InChI=1S/C14H20N4O4/c1-4-17-11-10(12(19)18(5-2)13(17)20)16(9-15-11)8-14(3)21-6-7-22-14/h9H,4-8H2,1-3H3. The molecule has 0 spiro atoms. The van der Waals surface area contributed by atoms with E-state index < -0.39 is 5.79 Å². The maximum atomic E-state index is 12.6. The van der Waals surface area contributed by atoms with E-state index in [1.807, 2.05) is 13.8 Å². The Labute approximate surface area is 126 Å². The van der Waals surface area contributed by atoms with Crippen molar-refractivity contribution in [2.24, 2.45) is 0 Å². The Morgan fingerprint density at radius 2 is 1.82 bits per heavy atom. The van der Waals surface area contributed by atoms with Crippen LogP contribution in [0.15, 0.2) is 15.9 Å². The van der Waals surface area contributed by atoms with E-state index in [9.17, 15) is 9.59 Å². The van der Waals surface area contributed by atoms with Gasteiger partial charge in [-0.25, -0.2) is 9.78 Å². The fourth-order valence-electron chi connectivity index (χ4n) is 2.88. The predicted octanol–water partition coefficient (Wildman–Crippen LogP) is 0.163. The minimum atomic E-state index is -0.774. The summed E-state index contributed by atoms with van der Waals surface area (Å²) in [4.78, 5) is 29.2. The molecule has 0 radical (unpaired) electrons. The number of hydrogen-bond donors (Lipinski definition) is 0. The molecule has 3 heterocycles. The number of imidazole rings is 1. The molecule has 0 atom stereocenters. The molecule has 1 fully saturated rings. The minimum absolute atomic E-state index is 0.322. The highest BCUT2D eigenvalue weighted by Crippen LogP contribution is 2.22. The van der Waals surface area contributed by atoms with Crippen LogP contribution in [0.4, 0.5) is 0 Å². The van der Waals surface area contributed by atoms with Gasteiger partial charge in [0.25, 0.3) is 5.56 Å². The van der Waals surface area contributed by atoms with Gasteiger partial charge in [-0.1, -0.05) is 0 Å². The van der Waals surface area contributed by atoms with E-state index in [2.05, 4.69) is 4.98 Å². The molecule has 0 aliphatic carbocycles. The van der Waals surface area contributed by atoms with E-state index in [0.717, 1.165) is 0 Å². The Balaban J connectivity index is 2.21. The Hall–Kier alpha value is -1.93. The van der Waals surface area contributed by atoms with Crippen LogP contribution < -0.4 is 11.2 Å². The van der Waals surface area contributed by atoms with E-state index >= 15 is 0 Å². The second kappa shape index (κ2) is 5.36. The molecule has 0 N–H and O–H groups in total. The predicted molar refractivity (Wildman–Crippen MR) is 79.9 cm³/mol. The lowest BCUT2D eigenvalue weighted by atomic mass is 10.3. The first-order valence-electron chi connectivity index (χ1n) is 7.47. The Kier molecular flexibility index (Phi) is 3.65. The highest BCUT2D eigenvalue weighted by atomic mass is 16.7. The molecule has 0 saturated carbocycles. The smallest absolute Gasteiger partial charge is 0.332 e. The fraction of sp³-hybridized carbons (Fsp3) is 0.643. The van der Waals surface area contributed by atoms with E-state index in [1.54, 1.807) is 17.8 Å². The van der Waals surface area contributed by atoms with Gasteiger partial charge >= 0.3 is 5.69 Å². The average molecular weight is 308 g/mol. The number of hydrogen-bond acceptors (Lipinski definition) is 5. The van der Waals surface area contributed by atoms with Gasteiger partial charge in [-0.3, -0.25) is 13.9 Å². The largest absolute Gasteiger partial charge is 0.346 e. The van der Waals surface area contributed by atoms with Gasteiger partial charge in [-0.2, -0.15) is 0 Å². The molecule has 2 aromatic rings. The van der Waals surface area contributed by atoms with Crippen LogP contribution in [0.2, 0.25) is 0 Å². The maximum Gasteiger partial charge on any atom is 0.332 e. The molecule has 22 heavy (non-hydrogen) atoms. The summed E-state index contributed by atoms with van der Waals surface area (Å²) in [6, 6.07) is 0. The summed E-state index contributed by atoms with van der Waals surface area (Å²) >= 11 is 0. The van der Waals surface area contributed by atoms with Gasteiger partial charge in [-0.05, 0) is 20.8 Å². The van der Waals surface area contributed by atoms with Crippen molar-refractivity contribution in [2.75, 3.05) is 13.2 Å². The van der Waals surface area contributed by atoms with Crippen molar-refractivity contribution >= 4 is 11.2 Å². The number of nitrogens with zero attached hydrogens (tertiary/aromatic N) is 4. The van der Waals surface area contributed by atoms with Crippen molar-refractivity contribution in [3.8, 4) is 0 Å². The van der Waals surface area contributed by atoms with E-state index in [4.69, 9.17) is 9.47 Å². The van der Waals surface area contributed by atoms with Gasteiger partial charge in [0.2, 0.25) is 0 Å². The molecule has 3 rings (SSSR count).